The Balaban J connectivity index is 1.38. The van der Waals surface area contributed by atoms with E-state index in [2.05, 4.69) is 44.0 Å². The van der Waals surface area contributed by atoms with Crippen molar-refractivity contribution in [1.82, 2.24) is 24.6 Å². The first kappa shape index (κ1) is 15.6. The van der Waals surface area contributed by atoms with Crippen LogP contribution in [0.3, 0.4) is 0 Å². The lowest BCUT2D eigenvalue weighted by molar-refractivity contribution is 0.0571. The number of hydrogen-bond donors (Lipinski definition) is 1. The van der Waals surface area contributed by atoms with Crippen molar-refractivity contribution in [2.24, 2.45) is 0 Å². The molecular weight excluding hydrogens is 324 g/mol. The Morgan fingerprint density at radius 1 is 1.29 bits per heavy atom. The first-order valence-electron chi connectivity index (χ1n) is 8.46. The Bertz CT molecular complexity index is 681. The lowest BCUT2D eigenvalue weighted by Gasteiger charge is -2.37. The fraction of sp³-hybridized carbons (Fsp3) is 0.562. The minimum Gasteiger partial charge on any atom is -0.354 e. The van der Waals surface area contributed by atoms with Crippen molar-refractivity contribution in [2.45, 2.75) is 25.9 Å². The van der Waals surface area contributed by atoms with Crippen LogP contribution in [-0.2, 0) is 6.54 Å². The highest BCUT2D eigenvalue weighted by atomic mass is 32.1. The number of aryl methyl sites for hydroxylation is 1. The van der Waals surface area contributed by atoms with E-state index < -0.39 is 0 Å². The molecule has 0 bridgehead atoms. The van der Waals surface area contributed by atoms with E-state index in [0.717, 1.165) is 45.7 Å². The number of amides is 1. The van der Waals surface area contributed by atoms with Gasteiger partial charge in [0.05, 0.1) is 0 Å². The molecule has 0 radical (unpaired) electrons. The summed E-state index contributed by atoms with van der Waals surface area (Å²) in [5.74, 6) is 0.981. The number of nitrogens with one attached hydrogen (secondary N) is 1. The maximum absolute atomic E-state index is 12.7. The summed E-state index contributed by atoms with van der Waals surface area (Å²) in [5.41, 5.74) is 1.36. The number of carbonyl (C=O) groups excluding carboxylic acids is 1. The minimum absolute atomic E-state index is 0.0541. The molecule has 2 aromatic rings. The van der Waals surface area contributed by atoms with Crippen molar-refractivity contribution in [1.29, 1.82) is 0 Å². The van der Waals surface area contributed by atoms with Crippen molar-refractivity contribution in [3.8, 4) is 0 Å². The third-order valence-corrected chi connectivity index (χ3v) is 5.57. The molecule has 8 heteroatoms. The smallest absolute Gasteiger partial charge is 0.293 e. The summed E-state index contributed by atoms with van der Waals surface area (Å²) in [6.45, 7) is 7.18. The van der Waals surface area contributed by atoms with Crippen LogP contribution in [0, 0.1) is 0 Å². The molecule has 4 heterocycles. The molecule has 7 nitrogen and oxygen atoms in total. The molecule has 24 heavy (non-hydrogen) atoms. The van der Waals surface area contributed by atoms with Crippen LogP contribution in [-0.4, -0.2) is 63.2 Å². The molecule has 1 unspecified atom stereocenters. The quantitative estimate of drug-likeness (QED) is 0.916. The molecule has 0 aromatic carbocycles. The Hall–Kier alpha value is -1.93. The number of thiophene rings is 1. The van der Waals surface area contributed by atoms with Gasteiger partial charge in [0.15, 0.2) is 0 Å². The minimum atomic E-state index is -0.0541. The summed E-state index contributed by atoms with van der Waals surface area (Å²) in [4.78, 5) is 21.3. The molecule has 4 rings (SSSR count). The number of carbonyl (C=O) groups is 1. The van der Waals surface area contributed by atoms with Crippen molar-refractivity contribution in [2.75, 3.05) is 38.0 Å². The summed E-state index contributed by atoms with van der Waals surface area (Å²) in [6, 6.07) is 2.58. The van der Waals surface area contributed by atoms with Gasteiger partial charge in [0.2, 0.25) is 11.8 Å². The van der Waals surface area contributed by atoms with E-state index in [9.17, 15) is 4.79 Å². The predicted molar refractivity (Wildman–Crippen MR) is 93.3 cm³/mol. The van der Waals surface area contributed by atoms with Gasteiger partial charge in [0.25, 0.3) is 5.91 Å². The number of hydrogen-bond acceptors (Lipinski definition) is 6. The van der Waals surface area contributed by atoms with Gasteiger partial charge in [-0.05, 0) is 35.7 Å². The molecule has 1 saturated heterocycles. The zero-order chi connectivity index (χ0) is 16.5. The second-order valence-corrected chi connectivity index (χ2v) is 7.10. The summed E-state index contributed by atoms with van der Waals surface area (Å²) in [7, 11) is 0. The van der Waals surface area contributed by atoms with E-state index in [-0.39, 0.29) is 5.91 Å². The highest BCUT2D eigenvalue weighted by molar-refractivity contribution is 7.07. The number of anilines is 1. The Labute approximate surface area is 145 Å². The molecule has 2 aliphatic rings. The molecule has 2 aliphatic heterocycles. The van der Waals surface area contributed by atoms with E-state index >= 15 is 0 Å². The summed E-state index contributed by atoms with van der Waals surface area (Å²) in [6.07, 6.45) is 1.02. The van der Waals surface area contributed by atoms with Crippen LogP contribution < -0.4 is 5.32 Å². The third-order valence-electron chi connectivity index (χ3n) is 4.87. The average molecular weight is 346 g/mol. The average Bonchev–Trinajstić information content (AvgIpc) is 3.30. The van der Waals surface area contributed by atoms with E-state index in [0.29, 0.717) is 17.8 Å². The molecule has 1 atom stereocenters. The van der Waals surface area contributed by atoms with Gasteiger partial charge in [-0.25, -0.2) is 4.68 Å². The Morgan fingerprint density at radius 2 is 2.12 bits per heavy atom. The number of aromatic nitrogens is 3. The second-order valence-electron chi connectivity index (χ2n) is 6.32. The van der Waals surface area contributed by atoms with E-state index in [1.807, 2.05) is 4.90 Å². The Morgan fingerprint density at radius 3 is 2.83 bits per heavy atom. The second kappa shape index (κ2) is 6.52. The van der Waals surface area contributed by atoms with Crippen LogP contribution >= 0.6 is 11.3 Å². The van der Waals surface area contributed by atoms with Crippen molar-refractivity contribution in [3.05, 3.63) is 28.2 Å². The van der Waals surface area contributed by atoms with Gasteiger partial charge in [-0.3, -0.25) is 9.69 Å². The molecular formula is C16H22N6OS. The summed E-state index contributed by atoms with van der Waals surface area (Å²) < 4.78 is 1.80. The van der Waals surface area contributed by atoms with E-state index in [1.54, 1.807) is 16.0 Å². The molecule has 1 amide bonds. The molecule has 2 aromatic heterocycles. The number of rotatable bonds is 3. The van der Waals surface area contributed by atoms with E-state index in [1.165, 1.54) is 5.56 Å². The molecule has 1 N–H and O–H groups in total. The van der Waals surface area contributed by atoms with Gasteiger partial charge in [-0.1, -0.05) is 0 Å². The first-order valence-corrected chi connectivity index (χ1v) is 9.41. The monoisotopic (exact) mass is 346 g/mol. The lowest BCUT2D eigenvalue weighted by atomic mass is 10.1. The zero-order valence-corrected chi connectivity index (χ0v) is 14.6. The van der Waals surface area contributed by atoms with Gasteiger partial charge in [0.1, 0.15) is 0 Å². The highest BCUT2D eigenvalue weighted by Crippen LogP contribution is 2.24. The van der Waals surface area contributed by atoms with Crippen LogP contribution in [0.2, 0.25) is 0 Å². The molecule has 0 saturated carbocycles. The van der Waals surface area contributed by atoms with Crippen LogP contribution in [0.15, 0.2) is 16.8 Å². The molecule has 1 fully saturated rings. The van der Waals surface area contributed by atoms with Crippen LogP contribution in [0.1, 0.15) is 35.6 Å². The van der Waals surface area contributed by atoms with Gasteiger partial charge >= 0.3 is 0 Å². The number of piperazine rings is 1. The largest absolute Gasteiger partial charge is 0.354 e. The van der Waals surface area contributed by atoms with Crippen LogP contribution in [0.5, 0.6) is 0 Å². The fourth-order valence-corrected chi connectivity index (χ4v) is 4.07. The fourth-order valence-electron chi connectivity index (χ4n) is 3.33. The maximum Gasteiger partial charge on any atom is 0.293 e. The van der Waals surface area contributed by atoms with Gasteiger partial charge in [0, 0.05) is 45.3 Å². The number of nitrogens with zero attached hydrogens (tertiary/aromatic N) is 5. The molecule has 128 valence electrons. The summed E-state index contributed by atoms with van der Waals surface area (Å²) in [5, 5.41) is 11.9. The molecule has 0 spiro atoms. The standard InChI is InChI=1S/C16H22N6OS/c1-12(13-3-10-24-11-13)20-6-8-21(9-7-20)15(23)14-18-16-17-4-2-5-22(16)19-14/h3,10-12H,2,4-9H2,1H3,(H,17,18,19). The normalized spacial score (nSPS) is 19.6. The Kier molecular flexibility index (Phi) is 4.24. The maximum atomic E-state index is 12.7. The first-order chi connectivity index (χ1) is 11.7. The van der Waals surface area contributed by atoms with Gasteiger partial charge in [-0.15, -0.1) is 5.10 Å². The van der Waals surface area contributed by atoms with Crippen LogP contribution in [0.4, 0.5) is 5.95 Å². The van der Waals surface area contributed by atoms with Gasteiger partial charge in [-0.2, -0.15) is 16.3 Å². The third kappa shape index (κ3) is 2.91. The highest BCUT2D eigenvalue weighted by Gasteiger charge is 2.28. The topological polar surface area (TPSA) is 66.3 Å². The van der Waals surface area contributed by atoms with Crippen molar-refractivity contribution < 1.29 is 4.79 Å². The zero-order valence-electron chi connectivity index (χ0n) is 13.8. The van der Waals surface area contributed by atoms with Crippen molar-refractivity contribution in [3.63, 3.8) is 0 Å². The predicted octanol–water partition coefficient (Wildman–Crippen LogP) is 1.67. The molecule has 0 aliphatic carbocycles. The van der Waals surface area contributed by atoms with Crippen molar-refractivity contribution >= 4 is 23.2 Å². The SMILES string of the molecule is CC(c1ccsc1)N1CCN(C(=O)c2nc3n(n2)CCCN3)CC1. The van der Waals surface area contributed by atoms with E-state index in [4.69, 9.17) is 0 Å². The number of fused-ring (bicyclic) bond motifs is 1. The van der Waals surface area contributed by atoms with Crippen LogP contribution in [0.25, 0.3) is 0 Å². The lowest BCUT2D eigenvalue weighted by Crippen LogP contribution is -2.49. The summed E-state index contributed by atoms with van der Waals surface area (Å²) >= 11 is 1.73. The van der Waals surface area contributed by atoms with Gasteiger partial charge < -0.3 is 10.2 Å².